The highest BCUT2D eigenvalue weighted by molar-refractivity contribution is 6.06. The van der Waals surface area contributed by atoms with Crippen molar-refractivity contribution < 1.29 is 28.5 Å². The number of hydrogen-bond acceptors (Lipinski definition) is 11. The van der Waals surface area contributed by atoms with Crippen LogP contribution in [0.3, 0.4) is 0 Å². The Morgan fingerprint density at radius 1 is 1.29 bits per heavy atom. The number of anilines is 1. The molecule has 35 heavy (non-hydrogen) atoms. The number of benzene rings is 1. The minimum absolute atomic E-state index is 0.0334. The Morgan fingerprint density at radius 2 is 2.11 bits per heavy atom. The molecule has 0 amide bonds. The van der Waals surface area contributed by atoms with Gasteiger partial charge in [0.25, 0.3) is 5.56 Å². The summed E-state index contributed by atoms with van der Waals surface area (Å²) in [5.41, 5.74) is 5.82. The molecule has 13 heteroatoms. The van der Waals surface area contributed by atoms with Gasteiger partial charge < -0.3 is 29.5 Å². The maximum atomic E-state index is 12.7. The number of imidazole rings is 1. The lowest BCUT2D eigenvalue weighted by molar-refractivity contribution is -0.103. The fourth-order valence-corrected chi connectivity index (χ4v) is 5.41. The number of carbonyl (C=O) groups excluding carboxylic acids is 1. The summed E-state index contributed by atoms with van der Waals surface area (Å²) < 4.78 is 24.6. The van der Waals surface area contributed by atoms with Crippen LogP contribution >= 0.6 is 0 Å². The summed E-state index contributed by atoms with van der Waals surface area (Å²) in [6.45, 7) is 0. The third-order valence-corrected chi connectivity index (χ3v) is 6.88. The van der Waals surface area contributed by atoms with Crippen molar-refractivity contribution in [3.63, 3.8) is 0 Å². The van der Waals surface area contributed by atoms with Crippen LogP contribution in [-0.4, -0.2) is 49.9 Å². The Morgan fingerprint density at radius 3 is 2.91 bits per heavy atom. The van der Waals surface area contributed by atoms with E-state index in [2.05, 4.69) is 15.0 Å². The highest BCUT2D eigenvalue weighted by atomic mass is 16.7. The van der Waals surface area contributed by atoms with Crippen LogP contribution in [0, 0.1) is 0 Å². The van der Waals surface area contributed by atoms with Gasteiger partial charge in [-0.05, 0) is 12.0 Å². The smallest absolute Gasteiger partial charge is 0.347 e. The highest BCUT2D eigenvalue weighted by Crippen LogP contribution is 2.54. The van der Waals surface area contributed by atoms with Gasteiger partial charge in [-0.2, -0.15) is 4.98 Å². The second-order valence-electron chi connectivity index (χ2n) is 8.67. The average Bonchev–Trinajstić information content (AvgIpc) is 3.56. The predicted octanol–water partition coefficient (Wildman–Crippen LogP) is 0.338. The van der Waals surface area contributed by atoms with E-state index < -0.39 is 35.7 Å². The number of aryl methyl sites for hydroxylation is 1. The lowest BCUT2D eigenvalue weighted by atomic mass is 9.91. The second-order valence-corrected chi connectivity index (χ2v) is 8.67. The van der Waals surface area contributed by atoms with Gasteiger partial charge in [-0.15, -0.1) is 0 Å². The van der Waals surface area contributed by atoms with Crippen LogP contribution in [0.15, 0.2) is 26.4 Å². The van der Waals surface area contributed by atoms with E-state index in [9.17, 15) is 19.5 Å². The van der Waals surface area contributed by atoms with Crippen LogP contribution in [0.1, 0.15) is 40.1 Å². The molecule has 0 bridgehead atoms. The Labute approximate surface area is 194 Å². The fourth-order valence-electron chi connectivity index (χ4n) is 5.41. The first-order valence-corrected chi connectivity index (χ1v) is 10.8. The van der Waals surface area contributed by atoms with Gasteiger partial charge in [0.1, 0.15) is 28.7 Å². The molecule has 1 saturated heterocycles. The molecule has 178 valence electrons. The maximum absolute atomic E-state index is 12.7. The zero-order chi connectivity index (χ0) is 24.2. The number of methoxy groups -OCH3 is 1. The van der Waals surface area contributed by atoms with E-state index in [1.807, 2.05) is 0 Å². The lowest BCUT2D eigenvalue weighted by Gasteiger charge is -2.20. The number of aliphatic hydroxyl groups is 1. The zero-order valence-electron chi connectivity index (χ0n) is 18.1. The number of aliphatic hydroxyl groups excluding tert-OH is 1. The van der Waals surface area contributed by atoms with Gasteiger partial charge in [-0.3, -0.25) is 19.1 Å². The van der Waals surface area contributed by atoms with E-state index in [0.717, 1.165) is 0 Å². The quantitative estimate of drug-likeness (QED) is 0.337. The van der Waals surface area contributed by atoms with Crippen LogP contribution in [0.25, 0.3) is 22.1 Å². The summed E-state index contributed by atoms with van der Waals surface area (Å²) in [6, 6.07) is 1.64. The molecule has 1 aliphatic carbocycles. The van der Waals surface area contributed by atoms with Gasteiger partial charge >= 0.3 is 5.63 Å². The number of nitrogen functional groups attached to an aromatic ring is 1. The van der Waals surface area contributed by atoms with E-state index in [1.54, 1.807) is 6.07 Å². The first kappa shape index (κ1) is 20.2. The van der Waals surface area contributed by atoms with Gasteiger partial charge in [-0.1, -0.05) is 0 Å². The first-order chi connectivity index (χ1) is 16.9. The number of nitrogens with zero attached hydrogens (tertiary/aromatic N) is 3. The number of nitrogens with one attached hydrogen (secondary N) is 1. The molecule has 4 N–H and O–H groups in total. The largest absolute Gasteiger partial charge is 0.496 e. The number of aromatic nitrogens is 4. The van der Waals surface area contributed by atoms with Gasteiger partial charge in [0.05, 0.1) is 30.3 Å². The van der Waals surface area contributed by atoms with Crippen LogP contribution in [-0.2, 0) is 11.2 Å². The standard InChI is InChI=1S/C22H17N5O8/c1-32-8-4-9-12(16-11(8)6-2-3-7(28)10(6)20(31)34-16)13-15(29)19(35-21(13)33-9)27-5-24-14-17(27)25-22(23)26-18(14)30/h4-5,13,15,19,21,29H,2-3H2,1H3,(H3,23,25,26,30)/t13-,15-,19-,21+/m1/s1. The molecule has 1 fully saturated rings. The average molecular weight is 479 g/mol. The van der Waals surface area contributed by atoms with Crippen molar-refractivity contribution >= 4 is 33.9 Å². The number of H-pyrrole nitrogens is 1. The molecule has 3 aromatic heterocycles. The molecule has 4 aromatic rings. The Kier molecular flexibility index (Phi) is 3.85. The molecule has 4 atom stereocenters. The molecule has 1 aromatic carbocycles. The summed E-state index contributed by atoms with van der Waals surface area (Å²) in [5, 5.41) is 11.9. The molecular weight excluding hydrogens is 462 g/mol. The molecule has 13 nitrogen and oxygen atoms in total. The van der Waals surface area contributed by atoms with Crippen LogP contribution in [0.2, 0.25) is 0 Å². The summed E-state index contributed by atoms with van der Waals surface area (Å²) in [6.07, 6.45) is -1.23. The van der Waals surface area contributed by atoms with Crippen molar-refractivity contribution in [2.45, 2.75) is 37.4 Å². The number of carbonyl (C=O) groups is 1. The Bertz CT molecular complexity index is 1720. The summed E-state index contributed by atoms with van der Waals surface area (Å²) >= 11 is 0. The molecule has 0 spiro atoms. The topological polar surface area (TPSA) is 185 Å². The highest BCUT2D eigenvalue weighted by Gasteiger charge is 2.54. The maximum Gasteiger partial charge on any atom is 0.347 e. The van der Waals surface area contributed by atoms with Gasteiger partial charge in [-0.25, -0.2) is 9.78 Å². The number of rotatable bonds is 2. The monoisotopic (exact) mass is 479 g/mol. The van der Waals surface area contributed by atoms with E-state index in [0.29, 0.717) is 34.4 Å². The summed E-state index contributed by atoms with van der Waals surface area (Å²) in [5.74, 6) is -0.409. The van der Waals surface area contributed by atoms with E-state index in [4.69, 9.17) is 24.4 Å². The Balaban J connectivity index is 1.41. The van der Waals surface area contributed by atoms with Crippen molar-refractivity contribution in [3.8, 4) is 11.5 Å². The Hall–Kier alpha value is -4.23. The first-order valence-electron chi connectivity index (χ1n) is 10.8. The van der Waals surface area contributed by atoms with Crippen molar-refractivity contribution in [1.29, 1.82) is 0 Å². The van der Waals surface area contributed by atoms with Gasteiger partial charge in [0.2, 0.25) is 12.2 Å². The van der Waals surface area contributed by atoms with Crippen LogP contribution in [0.4, 0.5) is 5.95 Å². The molecule has 3 aliphatic rings. The molecule has 0 unspecified atom stereocenters. The van der Waals surface area contributed by atoms with Crippen molar-refractivity contribution in [2.24, 2.45) is 0 Å². The van der Waals surface area contributed by atoms with Crippen molar-refractivity contribution in [1.82, 2.24) is 19.5 Å². The number of nitrogens with two attached hydrogens (primary N) is 1. The van der Waals surface area contributed by atoms with Gasteiger partial charge in [0, 0.05) is 12.5 Å². The van der Waals surface area contributed by atoms with E-state index in [-0.39, 0.29) is 40.5 Å². The lowest BCUT2D eigenvalue weighted by Crippen LogP contribution is -2.24. The van der Waals surface area contributed by atoms with Crippen LogP contribution in [0.5, 0.6) is 11.5 Å². The number of hydrogen-bond donors (Lipinski definition) is 3. The summed E-state index contributed by atoms with van der Waals surface area (Å²) in [4.78, 5) is 47.8. The third-order valence-electron chi connectivity index (χ3n) is 6.88. The molecule has 5 heterocycles. The third kappa shape index (κ3) is 2.50. The minimum atomic E-state index is -1.20. The normalized spacial score (nSPS) is 24.6. The minimum Gasteiger partial charge on any atom is -0.496 e. The number of aromatic amines is 1. The molecule has 0 radical (unpaired) electrons. The SMILES string of the molecule is COc1cc2c(c3oc(=O)c4c(c13)CCC4=O)[C@H]1[C@@H](O2)O[C@@H](n2cnc3c(=O)[nH]c(N)nc32)[C@@H]1O. The summed E-state index contributed by atoms with van der Waals surface area (Å²) in [7, 11) is 1.47. The van der Waals surface area contributed by atoms with Crippen molar-refractivity contribution in [3.05, 3.63) is 49.9 Å². The van der Waals surface area contributed by atoms with Crippen molar-refractivity contribution in [2.75, 3.05) is 12.8 Å². The van der Waals surface area contributed by atoms with Crippen LogP contribution < -0.4 is 26.4 Å². The number of fused-ring (bicyclic) bond motifs is 8. The molecular formula is C22H17N5O8. The number of ketones is 1. The zero-order valence-corrected chi connectivity index (χ0v) is 18.1. The number of ether oxygens (including phenoxy) is 3. The second kappa shape index (κ2) is 6.67. The van der Waals surface area contributed by atoms with E-state index >= 15 is 0 Å². The molecule has 7 rings (SSSR count). The molecule has 0 saturated carbocycles. The fraction of sp³-hybridized carbons (Fsp3) is 0.318. The van der Waals surface area contributed by atoms with E-state index in [1.165, 1.54) is 18.0 Å². The van der Waals surface area contributed by atoms with Gasteiger partial charge in [0.15, 0.2) is 23.2 Å². The predicted molar refractivity (Wildman–Crippen MR) is 118 cm³/mol. The number of Topliss-reactive ketones (excluding diaryl/α,β-unsaturated/α-hetero) is 1. The molecule has 2 aliphatic heterocycles.